The first kappa shape index (κ1) is 20.8. The zero-order chi connectivity index (χ0) is 22.2. The number of aromatic nitrogens is 2. The molecule has 0 N–H and O–H groups in total. The van der Waals surface area contributed by atoms with Gasteiger partial charge in [-0.3, -0.25) is 9.59 Å². The van der Waals surface area contributed by atoms with Gasteiger partial charge in [0.1, 0.15) is 0 Å². The lowest BCUT2D eigenvalue weighted by Gasteiger charge is -2.23. The highest BCUT2D eigenvalue weighted by atomic mass is 19.4. The molecular formula is C23H20F3N3O2. The number of alkyl halides is 3. The summed E-state index contributed by atoms with van der Waals surface area (Å²) >= 11 is 0. The van der Waals surface area contributed by atoms with Crippen LogP contribution in [0.5, 0.6) is 0 Å². The molecule has 0 saturated heterocycles. The molecule has 3 aromatic rings. The van der Waals surface area contributed by atoms with Crippen molar-refractivity contribution in [1.29, 1.82) is 0 Å². The van der Waals surface area contributed by atoms with Crippen molar-refractivity contribution in [3.8, 4) is 5.69 Å². The predicted octanol–water partition coefficient (Wildman–Crippen LogP) is 4.36. The van der Waals surface area contributed by atoms with Crippen LogP contribution < -0.4 is 5.43 Å². The number of hydrogen-bond donors (Lipinski definition) is 0. The minimum absolute atomic E-state index is 0.00822. The van der Waals surface area contributed by atoms with Crippen molar-refractivity contribution in [3.05, 3.63) is 93.4 Å². The number of aryl methyl sites for hydroxylation is 1. The molecule has 1 amide bonds. The fraction of sp³-hybridized carbons (Fsp3) is 0.261. The third-order valence-electron chi connectivity index (χ3n) is 5.19. The Balaban J connectivity index is 1.76. The van der Waals surface area contributed by atoms with E-state index in [-0.39, 0.29) is 23.1 Å². The Labute approximate surface area is 176 Å². The van der Waals surface area contributed by atoms with E-state index in [9.17, 15) is 22.8 Å². The summed E-state index contributed by atoms with van der Waals surface area (Å²) in [5.74, 6) is -0.574. The van der Waals surface area contributed by atoms with Gasteiger partial charge in [-0.25, -0.2) is 4.68 Å². The van der Waals surface area contributed by atoms with Gasteiger partial charge >= 0.3 is 6.18 Å². The van der Waals surface area contributed by atoms with E-state index in [1.165, 1.54) is 25.1 Å². The van der Waals surface area contributed by atoms with Gasteiger partial charge in [0.2, 0.25) is 5.43 Å². The van der Waals surface area contributed by atoms with Crippen molar-refractivity contribution < 1.29 is 18.0 Å². The Morgan fingerprint density at radius 3 is 2.39 bits per heavy atom. The standard InChI is InChI=1S/C23H20F3N3O2/c1-15-13-20(30)21(27-29(15)19-10-6-5-9-18(19)23(24,25)26)22(31)28(17-11-12-17)14-16-7-3-2-4-8-16/h2-10,13,17H,11-12,14H2,1H3. The maximum atomic E-state index is 13.5. The van der Waals surface area contributed by atoms with Crippen molar-refractivity contribution in [1.82, 2.24) is 14.7 Å². The van der Waals surface area contributed by atoms with Crippen LogP contribution in [-0.2, 0) is 12.7 Å². The van der Waals surface area contributed by atoms with Gasteiger partial charge in [0.25, 0.3) is 5.91 Å². The molecule has 1 heterocycles. The van der Waals surface area contributed by atoms with Crippen molar-refractivity contribution in [2.45, 2.75) is 38.5 Å². The zero-order valence-corrected chi connectivity index (χ0v) is 16.8. The van der Waals surface area contributed by atoms with Gasteiger partial charge in [0, 0.05) is 24.3 Å². The maximum Gasteiger partial charge on any atom is 0.418 e. The van der Waals surface area contributed by atoms with Gasteiger partial charge in [-0.05, 0) is 37.5 Å². The molecule has 0 spiro atoms. The van der Waals surface area contributed by atoms with Crippen LogP contribution in [0.15, 0.2) is 65.5 Å². The third kappa shape index (κ3) is 4.38. The summed E-state index contributed by atoms with van der Waals surface area (Å²) < 4.78 is 41.6. The van der Waals surface area contributed by atoms with Crippen LogP contribution in [0.4, 0.5) is 13.2 Å². The number of hydrogen-bond acceptors (Lipinski definition) is 3. The van der Waals surface area contributed by atoms with Gasteiger partial charge in [-0.1, -0.05) is 42.5 Å². The van der Waals surface area contributed by atoms with Crippen molar-refractivity contribution >= 4 is 5.91 Å². The fourth-order valence-corrected chi connectivity index (χ4v) is 3.51. The van der Waals surface area contributed by atoms with Crippen molar-refractivity contribution in [2.24, 2.45) is 0 Å². The molecule has 1 saturated carbocycles. The molecule has 8 heteroatoms. The van der Waals surface area contributed by atoms with Gasteiger partial charge in [-0.2, -0.15) is 18.3 Å². The number of carbonyl (C=O) groups is 1. The average molecular weight is 427 g/mol. The highest BCUT2D eigenvalue weighted by molar-refractivity contribution is 5.92. The van der Waals surface area contributed by atoms with E-state index < -0.39 is 23.1 Å². The SMILES string of the molecule is Cc1cc(=O)c(C(=O)N(Cc2ccccc2)C2CC2)nn1-c1ccccc1C(F)(F)F. The molecule has 1 fully saturated rings. The normalized spacial score (nSPS) is 13.8. The van der Waals surface area contributed by atoms with Crippen LogP contribution in [0.25, 0.3) is 5.69 Å². The first-order valence-electron chi connectivity index (χ1n) is 9.88. The minimum Gasteiger partial charge on any atom is -0.330 e. The molecule has 1 aliphatic carbocycles. The Morgan fingerprint density at radius 1 is 1.10 bits per heavy atom. The number of para-hydroxylation sites is 1. The Morgan fingerprint density at radius 2 is 1.74 bits per heavy atom. The molecule has 0 unspecified atom stereocenters. The van der Waals surface area contributed by atoms with Crippen molar-refractivity contribution in [3.63, 3.8) is 0 Å². The van der Waals surface area contributed by atoms with E-state index >= 15 is 0 Å². The molecule has 0 radical (unpaired) electrons. The summed E-state index contributed by atoms with van der Waals surface area (Å²) in [5, 5.41) is 4.10. The number of carbonyl (C=O) groups excluding carboxylic acids is 1. The fourth-order valence-electron chi connectivity index (χ4n) is 3.51. The van der Waals surface area contributed by atoms with Crippen LogP contribution in [0, 0.1) is 6.92 Å². The van der Waals surface area contributed by atoms with Crippen LogP contribution in [0.2, 0.25) is 0 Å². The second-order valence-corrected chi connectivity index (χ2v) is 7.58. The minimum atomic E-state index is -4.61. The van der Waals surface area contributed by atoms with E-state index in [4.69, 9.17) is 0 Å². The lowest BCUT2D eigenvalue weighted by Crippen LogP contribution is -2.37. The Kier molecular flexibility index (Phi) is 5.39. The Hall–Kier alpha value is -3.42. The van der Waals surface area contributed by atoms with E-state index in [0.717, 1.165) is 35.2 Å². The van der Waals surface area contributed by atoms with Gasteiger partial charge in [0.15, 0.2) is 5.69 Å². The molecule has 1 aromatic heterocycles. The number of rotatable bonds is 5. The van der Waals surface area contributed by atoms with Gasteiger partial charge in [-0.15, -0.1) is 0 Å². The lowest BCUT2D eigenvalue weighted by atomic mass is 10.1. The molecule has 5 nitrogen and oxygen atoms in total. The summed E-state index contributed by atoms with van der Waals surface area (Å²) in [5.41, 5.74) is -1.01. The summed E-state index contributed by atoms with van der Waals surface area (Å²) in [6.45, 7) is 1.79. The topological polar surface area (TPSA) is 55.2 Å². The van der Waals surface area contributed by atoms with Crippen LogP contribution in [0.3, 0.4) is 0 Å². The van der Waals surface area contributed by atoms with Gasteiger partial charge < -0.3 is 4.90 Å². The second-order valence-electron chi connectivity index (χ2n) is 7.58. The molecule has 1 aliphatic rings. The second kappa shape index (κ2) is 8.02. The summed E-state index contributed by atoms with van der Waals surface area (Å²) in [6.07, 6.45) is -2.98. The molecule has 2 aromatic carbocycles. The first-order chi connectivity index (χ1) is 14.8. The van der Waals surface area contributed by atoms with Crippen molar-refractivity contribution in [2.75, 3.05) is 0 Å². The quantitative estimate of drug-likeness (QED) is 0.608. The monoisotopic (exact) mass is 427 g/mol. The lowest BCUT2D eigenvalue weighted by molar-refractivity contribution is -0.137. The zero-order valence-electron chi connectivity index (χ0n) is 16.8. The summed E-state index contributed by atoms with van der Waals surface area (Å²) in [4.78, 5) is 27.4. The summed E-state index contributed by atoms with van der Waals surface area (Å²) in [6, 6.07) is 15.4. The van der Waals surface area contributed by atoms with E-state index in [1.54, 1.807) is 4.90 Å². The molecule has 0 bridgehead atoms. The predicted molar refractivity (Wildman–Crippen MR) is 109 cm³/mol. The van der Waals surface area contributed by atoms with Crippen LogP contribution in [-0.4, -0.2) is 26.6 Å². The third-order valence-corrected chi connectivity index (χ3v) is 5.19. The molecular weight excluding hydrogens is 407 g/mol. The highest BCUT2D eigenvalue weighted by Crippen LogP contribution is 2.34. The number of amides is 1. The van der Waals surface area contributed by atoms with E-state index in [1.807, 2.05) is 30.3 Å². The van der Waals surface area contributed by atoms with E-state index in [2.05, 4.69) is 5.10 Å². The molecule has 160 valence electrons. The molecule has 0 aliphatic heterocycles. The Bertz CT molecular complexity index is 1170. The van der Waals surface area contributed by atoms with Gasteiger partial charge in [0.05, 0.1) is 11.3 Å². The number of nitrogens with zero attached hydrogens (tertiary/aromatic N) is 3. The van der Waals surface area contributed by atoms with E-state index in [0.29, 0.717) is 6.54 Å². The largest absolute Gasteiger partial charge is 0.418 e. The average Bonchev–Trinajstić information content (AvgIpc) is 3.57. The number of halogens is 3. The molecule has 31 heavy (non-hydrogen) atoms. The highest BCUT2D eigenvalue weighted by Gasteiger charge is 2.36. The maximum absolute atomic E-state index is 13.5. The first-order valence-corrected chi connectivity index (χ1v) is 9.88. The number of benzene rings is 2. The smallest absolute Gasteiger partial charge is 0.330 e. The van der Waals surface area contributed by atoms with Crippen LogP contribution in [0.1, 0.15) is 40.2 Å². The molecule has 0 atom stereocenters. The van der Waals surface area contributed by atoms with Crippen LogP contribution >= 0.6 is 0 Å². The molecule has 4 rings (SSSR count). The summed E-state index contributed by atoms with van der Waals surface area (Å²) in [7, 11) is 0.